The summed E-state index contributed by atoms with van der Waals surface area (Å²) in [5.41, 5.74) is 2.01. The fourth-order valence-electron chi connectivity index (χ4n) is 2.86. The van der Waals surface area contributed by atoms with E-state index < -0.39 is 0 Å². The van der Waals surface area contributed by atoms with Crippen molar-refractivity contribution >= 4 is 34.4 Å². The average molecular weight is 350 g/mol. The van der Waals surface area contributed by atoms with Crippen LogP contribution in [-0.2, 0) is 4.74 Å². The number of aryl methyl sites for hydroxylation is 1. The number of hydrogen-bond acceptors (Lipinski definition) is 5. The van der Waals surface area contributed by atoms with Crippen molar-refractivity contribution in [2.45, 2.75) is 19.4 Å². The van der Waals surface area contributed by atoms with Gasteiger partial charge in [-0.15, -0.1) is 0 Å². The lowest BCUT2D eigenvalue weighted by atomic mass is 10.2. The molecule has 0 spiro atoms. The van der Waals surface area contributed by atoms with Crippen molar-refractivity contribution in [3.8, 4) is 11.4 Å². The molecule has 1 aliphatic rings. The zero-order chi connectivity index (χ0) is 16.0. The van der Waals surface area contributed by atoms with Gasteiger partial charge in [0.1, 0.15) is 22.3 Å². The summed E-state index contributed by atoms with van der Waals surface area (Å²) in [5.74, 6) is 1.29. The molecule has 4 heterocycles. The van der Waals surface area contributed by atoms with E-state index >= 15 is 0 Å². The van der Waals surface area contributed by atoms with E-state index in [0.29, 0.717) is 46.3 Å². The summed E-state index contributed by atoms with van der Waals surface area (Å²) in [6.45, 7) is 3.13. The number of hydrogen-bond donors (Lipinski definition) is 0. The molecule has 0 N–H and O–H groups in total. The first kappa shape index (κ1) is 14.8. The second-order valence-electron chi connectivity index (χ2n) is 5.40. The van der Waals surface area contributed by atoms with E-state index in [1.807, 2.05) is 23.6 Å². The molecule has 0 aromatic carbocycles. The van der Waals surface area contributed by atoms with Gasteiger partial charge in [-0.05, 0) is 25.5 Å². The van der Waals surface area contributed by atoms with Gasteiger partial charge in [0.15, 0.2) is 10.8 Å². The Kier molecular flexibility index (Phi) is 3.67. The monoisotopic (exact) mass is 349 g/mol. The maximum Gasteiger partial charge on any atom is 0.165 e. The van der Waals surface area contributed by atoms with E-state index in [4.69, 9.17) is 27.9 Å². The predicted octanol–water partition coefficient (Wildman–Crippen LogP) is 3.46. The smallest absolute Gasteiger partial charge is 0.165 e. The number of halogens is 2. The maximum absolute atomic E-state index is 6.27. The largest absolute Gasteiger partial charge is 0.379 e. The van der Waals surface area contributed by atoms with E-state index in [9.17, 15) is 0 Å². The summed E-state index contributed by atoms with van der Waals surface area (Å²) < 4.78 is 7.59. The SMILES string of the molecule is Cc1nc(Cl)c2nc(-c3cccnc3Cl)n([C@@H]3CCOC3)c2n1. The third-order valence-electron chi connectivity index (χ3n) is 3.88. The van der Waals surface area contributed by atoms with Crippen LogP contribution in [0.2, 0.25) is 10.3 Å². The number of pyridine rings is 1. The average Bonchev–Trinajstić information content (AvgIpc) is 3.14. The van der Waals surface area contributed by atoms with E-state index in [2.05, 4.69) is 19.9 Å². The molecule has 0 aliphatic carbocycles. The topological polar surface area (TPSA) is 65.7 Å². The van der Waals surface area contributed by atoms with Gasteiger partial charge in [-0.1, -0.05) is 23.2 Å². The zero-order valence-electron chi connectivity index (χ0n) is 12.3. The number of ether oxygens (including phenoxy) is 1. The van der Waals surface area contributed by atoms with Crippen molar-refractivity contribution in [1.82, 2.24) is 24.5 Å². The Labute approximate surface area is 142 Å². The van der Waals surface area contributed by atoms with E-state index in [0.717, 1.165) is 12.0 Å². The number of rotatable bonds is 2. The van der Waals surface area contributed by atoms with Gasteiger partial charge in [-0.3, -0.25) is 0 Å². The Morgan fingerprint density at radius 1 is 1.22 bits per heavy atom. The van der Waals surface area contributed by atoms with Gasteiger partial charge in [-0.25, -0.2) is 19.9 Å². The van der Waals surface area contributed by atoms with Crippen LogP contribution in [0.15, 0.2) is 18.3 Å². The van der Waals surface area contributed by atoms with Crippen LogP contribution in [0, 0.1) is 6.92 Å². The van der Waals surface area contributed by atoms with Gasteiger partial charge in [0.25, 0.3) is 0 Å². The number of nitrogens with zero attached hydrogens (tertiary/aromatic N) is 5. The van der Waals surface area contributed by atoms with Gasteiger partial charge in [0, 0.05) is 12.8 Å². The van der Waals surface area contributed by atoms with Gasteiger partial charge in [-0.2, -0.15) is 0 Å². The minimum atomic E-state index is 0.136. The van der Waals surface area contributed by atoms with Crippen LogP contribution in [0.1, 0.15) is 18.3 Å². The summed E-state index contributed by atoms with van der Waals surface area (Å²) in [6, 6.07) is 3.85. The van der Waals surface area contributed by atoms with Crippen molar-refractivity contribution < 1.29 is 4.74 Å². The van der Waals surface area contributed by atoms with Crippen LogP contribution in [0.5, 0.6) is 0 Å². The highest BCUT2D eigenvalue weighted by molar-refractivity contribution is 6.34. The van der Waals surface area contributed by atoms with Gasteiger partial charge in [0.2, 0.25) is 0 Å². The van der Waals surface area contributed by atoms with Gasteiger partial charge in [0.05, 0.1) is 18.2 Å². The molecule has 3 aromatic heterocycles. The molecule has 1 saturated heterocycles. The molecule has 0 saturated carbocycles. The molecule has 0 amide bonds. The van der Waals surface area contributed by atoms with Gasteiger partial charge >= 0.3 is 0 Å². The van der Waals surface area contributed by atoms with Crippen LogP contribution in [0.25, 0.3) is 22.6 Å². The molecule has 6 nitrogen and oxygen atoms in total. The fourth-order valence-corrected chi connectivity index (χ4v) is 3.31. The van der Waals surface area contributed by atoms with Crippen molar-refractivity contribution in [3.63, 3.8) is 0 Å². The Hall–Kier alpha value is -1.76. The molecule has 1 fully saturated rings. The Balaban J connectivity index is 2.05. The van der Waals surface area contributed by atoms with E-state index in [-0.39, 0.29) is 6.04 Å². The molecular formula is C15H13Cl2N5O. The lowest BCUT2D eigenvalue weighted by Gasteiger charge is -2.15. The summed E-state index contributed by atoms with van der Waals surface area (Å²) >= 11 is 12.5. The number of aromatic nitrogens is 5. The molecule has 118 valence electrons. The Bertz CT molecular complexity index is 889. The fraction of sp³-hybridized carbons (Fsp3) is 0.333. The molecule has 8 heteroatoms. The third-order valence-corrected chi connectivity index (χ3v) is 4.44. The third kappa shape index (κ3) is 2.47. The summed E-state index contributed by atoms with van der Waals surface area (Å²) in [6.07, 6.45) is 2.53. The molecule has 1 atom stereocenters. The molecule has 3 aromatic rings. The zero-order valence-corrected chi connectivity index (χ0v) is 13.8. The summed E-state index contributed by atoms with van der Waals surface area (Å²) in [4.78, 5) is 17.5. The van der Waals surface area contributed by atoms with Crippen LogP contribution in [0.3, 0.4) is 0 Å². The standard InChI is InChI=1S/C15H13Cl2N5O/c1-8-19-13(17)11-15(20-8)22(9-4-6-23-7-9)14(21-11)10-3-2-5-18-12(10)16/h2-3,5,9H,4,6-7H2,1H3/t9-/m1/s1. The molecule has 4 rings (SSSR count). The van der Waals surface area contributed by atoms with Crippen LogP contribution in [0.4, 0.5) is 0 Å². The van der Waals surface area contributed by atoms with Crippen LogP contribution in [-0.4, -0.2) is 37.7 Å². The van der Waals surface area contributed by atoms with Crippen LogP contribution < -0.4 is 0 Å². The van der Waals surface area contributed by atoms with E-state index in [1.165, 1.54) is 0 Å². The summed E-state index contributed by atoms with van der Waals surface area (Å²) in [7, 11) is 0. The van der Waals surface area contributed by atoms with E-state index in [1.54, 1.807) is 6.20 Å². The second-order valence-corrected chi connectivity index (χ2v) is 6.11. The van der Waals surface area contributed by atoms with Crippen LogP contribution >= 0.6 is 23.2 Å². The van der Waals surface area contributed by atoms with Crippen molar-refractivity contribution in [1.29, 1.82) is 0 Å². The summed E-state index contributed by atoms with van der Waals surface area (Å²) in [5, 5.41) is 0.732. The first-order chi connectivity index (χ1) is 11.1. The normalized spacial score (nSPS) is 18.0. The highest BCUT2D eigenvalue weighted by atomic mass is 35.5. The quantitative estimate of drug-likeness (QED) is 0.523. The maximum atomic E-state index is 6.27. The number of imidazole rings is 1. The molecule has 1 aliphatic heterocycles. The van der Waals surface area contributed by atoms with Crippen molar-refractivity contribution in [2.24, 2.45) is 0 Å². The number of fused-ring (bicyclic) bond motifs is 1. The molecule has 0 radical (unpaired) electrons. The lowest BCUT2D eigenvalue weighted by Crippen LogP contribution is -2.11. The highest BCUT2D eigenvalue weighted by Gasteiger charge is 2.27. The first-order valence-corrected chi connectivity index (χ1v) is 8.01. The van der Waals surface area contributed by atoms with Gasteiger partial charge < -0.3 is 9.30 Å². The molecule has 0 bridgehead atoms. The minimum absolute atomic E-state index is 0.136. The molecule has 23 heavy (non-hydrogen) atoms. The van der Waals surface area contributed by atoms with Crippen molar-refractivity contribution in [3.05, 3.63) is 34.5 Å². The molecular weight excluding hydrogens is 337 g/mol. The predicted molar refractivity (Wildman–Crippen MR) is 87.8 cm³/mol. The second kappa shape index (κ2) is 5.70. The lowest BCUT2D eigenvalue weighted by molar-refractivity contribution is 0.187. The highest BCUT2D eigenvalue weighted by Crippen LogP contribution is 2.35. The first-order valence-electron chi connectivity index (χ1n) is 7.26. The van der Waals surface area contributed by atoms with Crippen molar-refractivity contribution in [2.75, 3.05) is 13.2 Å². The minimum Gasteiger partial charge on any atom is -0.379 e. The Morgan fingerprint density at radius 3 is 2.83 bits per heavy atom. The Morgan fingerprint density at radius 2 is 2.09 bits per heavy atom. The molecule has 0 unspecified atom stereocenters.